The zero-order valence-electron chi connectivity index (χ0n) is 10.5. The number of hydrogen-bond donors (Lipinski definition) is 4. The lowest BCUT2D eigenvalue weighted by molar-refractivity contribution is 0.877. The van der Waals surface area contributed by atoms with Crippen molar-refractivity contribution >= 4 is 34.7 Å². The van der Waals surface area contributed by atoms with Crippen LogP contribution in [0, 0.1) is 13.8 Å². The van der Waals surface area contributed by atoms with Crippen LogP contribution < -0.4 is 22.1 Å². The molecule has 0 aliphatic rings. The Bertz CT molecular complexity index is 432. The lowest BCUT2D eigenvalue weighted by Gasteiger charge is -2.13. The smallest absolute Gasteiger partial charge is 0.163 e. The van der Waals surface area contributed by atoms with Gasteiger partial charge >= 0.3 is 0 Å². The Balaban J connectivity index is 2.87. The Morgan fingerprint density at radius 2 is 1.33 bits per heavy atom. The summed E-state index contributed by atoms with van der Waals surface area (Å²) >= 11 is 9.61. The van der Waals surface area contributed by atoms with Gasteiger partial charge in [-0.2, -0.15) is 0 Å². The van der Waals surface area contributed by atoms with Crippen LogP contribution in [0.4, 0.5) is 0 Å². The van der Waals surface area contributed by atoms with E-state index in [1.165, 1.54) is 11.1 Å². The fourth-order valence-electron chi connectivity index (χ4n) is 1.69. The van der Waals surface area contributed by atoms with Crippen LogP contribution in [0.3, 0.4) is 0 Å². The highest BCUT2D eigenvalue weighted by atomic mass is 32.1. The van der Waals surface area contributed by atoms with Gasteiger partial charge in [0.25, 0.3) is 0 Å². The average Bonchev–Trinajstić information content (AvgIpc) is 2.26. The molecule has 0 aliphatic carbocycles. The maximum atomic E-state index is 5.43. The maximum Gasteiger partial charge on any atom is 0.163 e. The van der Waals surface area contributed by atoms with Crippen LogP contribution in [-0.4, -0.2) is 10.2 Å². The van der Waals surface area contributed by atoms with E-state index in [0.717, 1.165) is 11.1 Å². The molecule has 0 atom stereocenters. The number of nitrogens with two attached hydrogens (primary N) is 2. The second kappa shape index (κ2) is 6.51. The van der Waals surface area contributed by atoms with Crippen molar-refractivity contribution in [3.05, 3.63) is 34.4 Å². The van der Waals surface area contributed by atoms with E-state index in [2.05, 4.69) is 36.6 Å². The highest BCUT2D eigenvalue weighted by Crippen LogP contribution is 2.16. The molecule has 0 amide bonds. The summed E-state index contributed by atoms with van der Waals surface area (Å²) in [5.41, 5.74) is 15.6. The SMILES string of the molecule is Cc1cc(C)c(CNC(N)=S)cc1CNC(N)=S. The first kappa shape index (κ1) is 14.7. The van der Waals surface area contributed by atoms with Gasteiger partial charge in [0.1, 0.15) is 0 Å². The molecule has 0 heterocycles. The maximum absolute atomic E-state index is 5.43. The first-order valence-corrected chi connectivity index (χ1v) is 6.37. The van der Waals surface area contributed by atoms with E-state index >= 15 is 0 Å². The van der Waals surface area contributed by atoms with E-state index in [0.29, 0.717) is 23.3 Å². The summed E-state index contributed by atoms with van der Waals surface area (Å²) in [6, 6.07) is 4.24. The summed E-state index contributed by atoms with van der Waals surface area (Å²) in [6.45, 7) is 5.38. The molecule has 18 heavy (non-hydrogen) atoms. The topological polar surface area (TPSA) is 76.1 Å². The average molecular weight is 282 g/mol. The first-order valence-electron chi connectivity index (χ1n) is 5.55. The molecule has 98 valence electrons. The molecule has 1 aromatic rings. The fourth-order valence-corrected chi connectivity index (χ4v) is 1.84. The largest absolute Gasteiger partial charge is 0.376 e. The van der Waals surface area contributed by atoms with Gasteiger partial charge < -0.3 is 22.1 Å². The molecule has 1 rings (SSSR count). The number of nitrogens with one attached hydrogen (secondary N) is 2. The summed E-state index contributed by atoms with van der Waals surface area (Å²) in [5, 5.41) is 6.51. The van der Waals surface area contributed by atoms with Crippen molar-refractivity contribution < 1.29 is 0 Å². The number of thiocarbonyl (C=S) groups is 2. The van der Waals surface area contributed by atoms with E-state index in [1.54, 1.807) is 0 Å². The summed E-state index contributed by atoms with van der Waals surface area (Å²) < 4.78 is 0. The molecular weight excluding hydrogens is 264 g/mol. The van der Waals surface area contributed by atoms with Crippen molar-refractivity contribution in [3.63, 3.8) is 0 Å². The van der Waals surface area contributed by atoms with Crippen LogP contribution in [0.1, 0.15) is 22.3 Å². The molecule has 0 saturated carbocycles. The van der Waals surface area contributed by atoms with E-state index in [9.17, 15) is 0 Å². The Labute approximate surface area is 118 Å². The van der Waals surface area contributed by atoms with Gasteiger partial charge in [0.2, 0.25) is 0 Å². The van der Waals surface area contributed by atoms with Crippen LogP contribution in [-0.2, 0) is 13.1 Å². The predicted molar refractivity (Wildman–Crippen MR) is 83.2 cm³/mol. The molecule has 0 bridgehead atoms. The molecule has 0 aromatic heterocycles. The summed E-state index contributed by atoms with van der Waals surface area (Å²) in [7, 11) is 0. The third-order valence-electron chi connectivity index (χ3n) is 2.70. The molecule has 0 spiro atoms. The van der Waals surface area contributed by atoms with E-state index in [-0.39, 0.29) is 0 Å². The van der Waals surface area contributed by atoms with Crippen LogP contribution in [0.25, 0.3) is 0 Å². The molecule has 4 nitrogen and oxygen atoms in total. The van der Waals surface area contributed by atoms with Crippen molar-refractivity contribution in [2.45, 2.75) is 26.9 Å². The minimum absolute atomic E-state index is 0.304. The monoisotopic (exact) mass is 282 g/mol. The third kappa shape index (κ3) is 4.46. The zero-order valence-corrected chi connectivity index (χ0v) is 12.2. The van der Waals surface area contributed by atoms with E-state index in [1.807, 2.05) is 0 Å². The Hall–Kier alpha value is -1.40. The van der Waals surface area contributed by atoms with Crippen molar-refractivity contribution in [2.24, 2.45) is 11.5 Å². The third-order valence-corrected chi connectivity index (χ3v) is 2.99. The number of benzene rings is 1. The Kier molecular flexibility index (Phi) is 5.30. The molecule has 0 unspecified atom stereocenters. The molecule has 0 radical (unpaired) electrons. The Morgan fingerprint density at radius 3 is 1.67 bits per heavy atom. The quantitative estimate of drug-likeness (QED) is 0.617. The second-order valence-corrected chi connectivity index (χ2v) is 5.02. The number of aryl methyl sites for hydroxylation is 2. The highest BCUT2D eigenvalue weighted by molar-refractivity contribution is 7.80. The minimum Gasteiger partial charge on any atom is -0.376 e. The van der Waals surface area contributed by atoms with Crippen molar-refractivity contribution in [1.82, 2.24) is 10.6 Å². The summed E-state index contributed by atoms with van der Waals surface area (Å²) in [5.74, 6) is 0. The lowest BCUT2D eigenvalue weighted by Crippen LogP contribution is -2.29. The standard InChI is InChI=1S/C12H18N4S2/c1-7-3-8(2)10(6-16-12(14)18)4-9(7)5-15-11(13)17/h3-4H,5-6H2,1-2H3,(H3,13,15,17)(H3,14,16,18). The Morgan fingerprint density at radius 1 is 0.944 bits per heavy atom. The van der Waals surface area contributed by atoms with Gasteiger partial charge in [0, 0.05) is 13.1 Å². The molecule has 0 fully saturated rings. The molecule has 6 N–H and O–H groups in total. The summed E-state index contributed by atoms with van der Waals surface area (Å²) in [4.78, 5) is 0. The van der Waals surface area contributed by atoms with Crippen LogP contribution in [0.5, 0.6) is 0 Å². The van der Waals surface area contributed by atoms with Crippen LogP contribution in [0.15, 0.2) is 12.1 Å². The summed E-state index contributed by atoms with van der Waals surface area (Å²) in [6.07, 6.45) is 0. The molecule has 6 heteroatoms. The molecule has 0 saturated heterocycles. The lowest BCUT2D eigenvalue weighted by atomic mass is 10.00. The van der Waals surface area contributed by atoms with Crippen molar-refractivity contribution in [1.29, 1.82) is 0 Å². The second-order valence-electron chi connectivity index (χ2n) is 4.14. The normalized spacial score (nSPS) is 9.89. The van der Waals surface area contributed by atoms with Gasteiger partial charge in [-0.05, 0) is 60.5 Å². The van der Waals surface area contributed by atoms with Crippen molar-refractivity contribution in [2.75, 3.05) is 0 Å². The minimum atomic E-state index is 0.304. The molecular formula is C12H18N4S2. The predicted octanol–water partition coefficient (Wildman–Crippen LogP) is 0.970. The fraction of sp³-hybridized carbons (Fsp3) is 0.333. The van der Waals surface area contributed by atoms with Gasteiger partial charge in [-0.1, -0.05) is 12.1 Å². The van der Waals surface area contributed by atoms with E-state index < -0.39 is 0 Å². The van der Waals surface area contributed by atoms with Crippen LogP contribution in [0.2, 0.25) is 0 Å². The molecule has 1 aromatic carbocycles. The van der Waals surface area contributed by atoms with E-state index in [4.69, 9.17) is 35.9 Å². The highest BCUT2D eigenvalue weighted by Gasteiger charge is 2.05. The van der Waals surface area contributed by atoms with Gasteiger partial charge in [-0.15, -0.1) is 0 Å². The number of rotatable bonds is 4. The first-order chi connectivity index (χ1) is 8.40. The van der Waals surface area contributed by atoms with Crippen LogP contribution >= 0.6 is 24.4 Å². The van der Waals surface area contributed by atoms with Gasteiger partial charge in [-0.3, -0.25) is 0 Å². The zero-order chi connectivity index (χ0) is 13.7. The van der Waals surface area contributed by atoms with Gasteiger partial charge in [0.15, 0.2) is 10.2 Å². The van der Waals surface area contributed by atoms with Crippen molar-refractivity contribution in [3.8, 4) is 0 Å². The number of hydrogen-bond acceptors (Lipinski definition) is 2. The van der Waals surface area contributed by atoms with Gasteiger partial charge in [-0.25, -0.2) is 0 Å². The van der Waals surface area contributed by atoms with Gasteiger partial charge in [0.05, 0.1) is 0 Å². The molecule has 0 aliphatic heterocycles.